The van der Waals surface area contributed by atoms with Crippen molar-refractivity contribution in [2.24, 2.45) is 11.1 Å². The Hall–Kier alpha value is -0.390. The second-order valence-corrected chi connectivity index (χ2v) is 8.56. The third kappa shape index (κ3) is 2.24. The molecule has 0 amide bonds. The standard InChI is InChI=1S/C13H18BrNO2S/c1-13(2)8-7-11(12(13)15)18(16,17)10-6-4-3-5-9(10)14/h3-6,11-12H,7-8,15H2,1-2H3. The lowest BCUT2D eigenvalue weighted by Gasteiger charge is -2.26. The predicted molar refractivity (Wildman–Crippen MR) is 76.1 cm³/mol. The van der Waals surface area contributed by atoms with E-state index in [2.05, 4.69) is 15.9 Å². The van der Waals surface area contributed by atoms with E-state index in [1.165, 1.54) is 0 Å². The van der Waals surface area contributed by atoms with Crippen LogP contribution in [0.25, 0.3) is 0 Å². The van der Waals surface area contributed by atoms with Crippen LogP contribution in [0.5, 0.6) is 0 Å². The molecule has 1 saturated carbocycles. The summed E-state index contributed by atoms with van der Waals surface area (Å²) in [4.78, 5) is 0.350. The maximum atomic E-state index is 12.6. The molecule has 100 valence electrons. The lowest BCUT2D eigenvalue weighted by atomic mass is 9.88. The lowest BCUT2D eigenvalue weighted by molar-refractivity contribution is 0.332. The third-order valence-electron chi connectivity index (χ3n) is 3.92. The molecule has 3 nitrogen and oxygen atoms in total. The molecule has 0 spiro atoms. The van der Waals surface area contributed by atoms with E-state index >= 15 is 0 Å². The first-order valence-corrected chi connectivity index (χ1v) is 8.35. The smallest absolute Gasteiger partial charge is 0.183 e. The minimum Gasteiger partial charge on any atom is -0.326 e. The monoisotopic (exact) mass is 331 g/mol. The topological polar surface area (TPSA) is 60.2 Å². The van der Waals surface area contributed by atoms with E-state index in [0.29, 0.717) is 15.8 Å². The van der Waals surface area contributed by atoms with Gasteiger partial charge in [-0.1, -0.05) is 26.0 Å². The average Bonchev–Trinajstić information content (AvgIpc) is 2.55. The molecule has 2 atom stereocenters. The lowest BCUT2D eigenvalue weighted by Crippen LogP contribution is -2.43. The molecule has 0 aromatic heterocycles. The Labute approximate surface area is 117 Å². The maximum absolute atomic E-state index is 12.6. The SMILES string of the molecule is CC1(C)CCC(S(=O)(=O)c2ccccc2Br)C1N. The summed E-state index contributed by atoms with van der Waals surface area (Å²) in [6.07, 6.45) is 1.49. The Morgan fingerprint density at radius 2 is 1.94 bits per heavy atom. The summed E-state index contributed by atoms with van der Waals surface area (Å²) in [5, 5.41) is -0.480. The van der Waals surface area contributed by atoms with Gasteiger partial charge in [0.25, 0.3) is 0 Å². The second kappa shape index (κ2) is 4.62. The van der Waals surface area contributed by atoms with Gasteiger partial charge in [-0.3, -0.25) is 0 Å². The largest absolute Gasteiger partial charge is 0.326 e. The molecule has 0 bridgehead atoms. The zero-order valence-electron chi connectivity index (χ0n) is 10.6. The van der Waals surface area contributed by atoms with E-state index in [9.17, 15) is 8.42 Å². The number of rotatable bonds is 2. The Bertz CT molecular complexity index is 554. The molecular weight excluding hydrogens is 314 g/mol. The Morgan fingerprint density at radius 1 is 1.33 bits per heavy atom. The van der Waals surface area contributed by atoms with Crippen LogP contribution in [-0.2, 0) is 9.84 Å². The van der Waals surface area contributed by atoms with Crippen LogP contribution in [0.2, 0.25) is 0 Å². The normalized spacial score (nSPS) is 27.3. The number of hydrogen-bond acceptors (Lipinski definition) is 3. The van der Waals surface area contributed by atoms with Gasteiger partial charge in [-0.25, -0.2) is 8.42 Å². The number of sulfone groups is 1. The predicted octanol–water partition coefficient (Wildman–Crippen LogP) is 2.74. The minimum atomic E-state index is -3.36. The van der Waals surface area contributed by atoms with Crippen molar-refractivity contribution in [3.63, 3.8) is 0 Å². The first-order valence-electron chi connectivity index (χ1n) is 6.01. The highest BCUT2D eigenvalue weighted by atomic mass is 79.9. The van der Waals surface area contributed by atoms with Crippen LogP contribution in [-0.4, -0.2) is 19.7 Å². The summed E-state index contributed by atoms with van der Waals surface area (Å²) in [5.74, 6) is 0. The zero-order chi connectivity index (χ0) is 13.6. The molecule has 2 unspecified atom stereocenters. The van der Waals surface area contributed by atoms with Gasteiger partial charge in [0.2, 0.25) is 0 Å². The molecule has 2 rings (SSSR count). The van der Waals surface area contributed by atoms with Gasteiger partial charge >= 0.3 is 0 Å². The van der Waals surface area contributed by atoms with E-state index in [0.717, 1.165) is 6.42 Å². The van der Waals surface area contributed by atoms with Crippen LogP contribution >= 0.6 is 15.9 Å². The van der Waals surface area contributed by atoms with Crippen molar-refractivity contribution in [2.45, 2.75) is 42.9 Å². The van der Waals surface area contributed by atoms with Gasteiger partial charge in [-0.05, 0) is 46.3 Å². The van der Waals surface area contributed by atoms with Gasteiger partial charge < -0.3 is 5.73 Å². The van der Waals surface area contributed by atoms with Crippen LogP contribution in [0.1, 0.15) is 26.7 Å². The summed E-state index contributed by atoms with van der Waals surface area (Å²) in [6.45, 7) is 4.07. The van der Waals surface area contributed by atoms with Crippen LogP contribution in [0.4, 0.5) is 0 Å². The molecule has 1 aromatic rings. The van der Waals surface area contributed by atoms with E-state index in [1.807, 2.05) is 19.9 Å². The van der Waals surface area contributed by atoms with E-state index in [4.69, 9.17) is 5.73 Å². The zero-order valence-corrected chi connectivity index (χ0v) is 13.0. The van der Waals surface area contributed by atoms with Crippen LogP contribution in [0, 0.1) is 5.41 Å². The first-order chi connectivity index (χ1) is 8.27. The molecule has 0 saturated heterocycles. The van der Waals surface area contributed by atoms with Crippen LogP contribution in [0.3, 0.4) is 0 Å². The highest BCUT2D eigenvalue weighted by Crippen LogP contribution is 2.42. The van der Waals surface area contributed by atoms with Gasteiger partial charge in [0.05, 0.1) is 10.1 Å². The summed E-state index contributed by atoms with van der Waals surface area (Å²) in [7, 11) is -3.36. The van der Waals surface area contributed by atoms with Crippen LogP contribution < -0.4 is 5.73 Å². The minimum absolute atomic E-state index is 0.112. The van der Waals surface area contributed by atoms with Gasteiger partial charge in [-0.2, -0.15) is 0 Å². The van der Waals surface area contributed by atoms with Crippen molar-refractivity contribution in [3.05, 3.63) is 28.7 Å². The second-order valence-electron chi connectivity index (χ2n) is 5.57. The highest BCUT2D eigenvalue weighted by molar-refractivity contribution is 9.10. The molecule has 5 heteroatoms. The van der Waals surface area contributed by atoms with E-state index < -0.39 is 15.1 Å². The Morgan fingerprint density at radius 3 is 2.44 bits per heavy atom. The molecule has 0 heterocycles. The Balaban J connectivity index is 2.43. The molecule has 0 radical (unpaired) electrons. The quantitative estimate of drug-likeness (QED) is 0.906. The maximum Gasteiger partial charge on any atom is 0.183 e. The Kier molecular flexibility index (Phi) is 3.60. The molecule has 1 aliphatic rings. The van der Waals surface area contributed by atoms with Crippen molar-refractivity contribution in [1.29, 1.82) is 0 Å². The molecular formula is C13H18BrNO2S. The average molecular weight is 332 g/mol. The van der Waals surface area contributed by atoms with Gasteiger partial charge in [0, 0.05) is 10.5 Å². The molecule has 0 aliphatic heterocycles. The number of hydrogen-bond donors (Lipinski definition) is 1. The van der Waals surface area contributed by atoms with Gasteiger partial charge in [0.1, 0.15) is 0 Å². The summed E-state index contributed by atoms with van der Waals surface area (Å²) < 4.78 is 25.9. The highest BCUT2D eigenvalue weighted by Gasteiger charge is 2.46. The summed E-state index contributed by atoms with van der Waals surface area (Å²) in [6, 6.07) is 6.62. The van der Waals surface area contributed by atoms with E-state index in [-0.39, 0.29) is 11.5 Å². The van der Waals surface area contributed by atoms with Crippen molar-refractivity contribution >= 4 is 25.8 Å². The molecule has 1 aliphatic carbocycles. The number of benzene rings is 1. The first kappa shape index (κ1) is 14.0. The fourth-order valence-corrected chi connectivity index (χ4v) is 5.63. The van der Waals surface area contributed by atoms with E-state index in [1.54, 1.807) is 18.2 Å². The van der Waals surface area contributed by atoms with Crippen molar-refractivity contribution in [2.75, 3.05) is 0 Å². The molecule has 1 aromatic carbocycles. The molecule has 18 heavy (non-hydrogen) atoms. The van der Waals surface area contributed by atoms with Gasteiger partial charge in [0.15, 0.2) is 9.84 Å². The van der Waals surface area contributed by atoms with Crippen molar-refractivity contribution in [1.82, 2.24) is 0 Å². The summed E-state index contributed by atoms with van der Waals surface area (Å²) in [5.41, 5.74) is 6.02. The fraction of sp³-hybridized carbons (Fsp3) is 0.538. The molecule has 2 N–H and O–H groups in total. The van der Waals surface area contributed by atoms with Crippen molar-refractivity contribution in [3.8, 4) is 0 Å². The number of halogens is 1. The fourth-order valence-electron chi connectivity index (χ4n) is 2.55. The molecule has 1 fully saturated rings. The number of nitrogens with two attached hydrogens (primary N) is 1. The third-order valence-corrected chi connectivity index (χ3v) is 7.17. The van der Waals surface area contributed by atoms with Crippen LogP contribution in [0.15, 0.2) is 33.6 Å². The van der Waals surface area contributed by atoms with Gasteiger partial charge in [-0.15, -0.1) is 0 Å². The van der Waals surface area contributed by atoms with Crippen molar-refractivity contribution < 1.29 is 8.42 Å². The summed E-state index contributed by atoms with van der Waals surface area (Å²) >= 11 is 3.31.